The minimum absolute atomic E-state index is 0.608. The first kappa shape index (κ1) is 17.4. The van der Waals surface area contributed by atoms with Gasteiger partial charge in [0.15, 0.2) is 0 Å². The van der Waals surface area contributed by atoms with E-state index in [1.807, 2.05) is 13.2 Å². The first-order valence-corrected chi connectivity index (χ1v) is 8.74. The molecule has 1 saturated heterocycles. The molecule has 1 atom stereocenters. The van der Waals surface area contributed by atoms with Gasteiger partial charge in [0.2, 0.25) is 0 Å². The average molecular weight is 308 g/mol. The van der Waals surface area contributed by atoms with Gasteiger partial charge in [0, 0.05) is 50.0 Å². The number of rotatable bonds is 6. The number of H-pyrrole nitrogens is 1. The monoisotopic (exact) mass is 308 g/mol. The van der Waals surface area contributed by atoms with E-state index < -0.39 is 0 Å². The fourth-order valence-electron chi connectivity index (χ4n) is 3.21. The molecule has 5 nitrogen and oxygen atoms in total. The van der Waals surface area contributed by atoms with Gasteiger partial charge in [-0.05, 0) is 39.8 Å². The second-order valence-corrected chi connectivity index (χ2v) is 6.45. The normalized spacial score (nSPS) is 21.1. The van der Waals surface area contributed by atoms with Crippen molar-refractivity contribution in [1.82, 2.24) is 20.4 Å². The van der Waals surface area contributed by atoms with E-state index in [2.05, 4.69) is 27.5 Å². The molecule has 0 aliphatic carbocycles. The van der Waals surface area contributed by atoms with E-state index in [9.17, 15) is 0 Å². The summed E-state index contributed by atoms with van der Waals surface area (Å²) < 4.78 is 5.67. The zero-order valence-electron chi connectivity index (χ0n) is 14.2. The van der Waals surface area contributed by atoms with Gasteiger partial charge < -0.3 is 15.0 Å². The van der Waals surface area contributed by atoms with Gasteiger partial charge in [-0.25, -0.2) is 0 Å². The molecule has 2 heterocycles. The Kier molecular flexibility index (Phi) is 7.91. The second-order valence-electron chi connectivity index (χ2n) is 6.45. The predicted molar refractivity (Wildman–Crippen MR) is 90.1 cm³/mol. The maximum Gasteiger partial charge on any atom is 0.0535 e. The van der Waals surface area contributed by atoms with Gasteiger partial charge in [0.05, 0.1) is 6.20 Å². The number of ether oxygens (including phenoxy) is 1. The first-order chi connectivity index (χ1) is 10.8. The van der Waals surface area contributed by atoms with Crippen LogP contribution in [0.4, 0.5) is 0 Å². The molecule has 1 aliphatic heterocycles. The third-order valence-electron chi connectivity index (χ3n) is 4.53. The number of nitrogens with one attached hydrogen (secondary N) is 2. The zero-order valence-corrected chi connectivity index (χ0v) is 14.2. The highest BCUT2D eigenvalue weighted by Gasteiger charge is 2.18. The summed E-state index contributed by atoms with van der Waals surface area (Å²) in [5.41, 5.74) is 2.72. The highest BCUT2D eigenvalue weighted by molar-refractivity contribution is 5.20. The molecule has 5 heteroatoms. The van der Waals surface area contributed by atoms with Crippen molar-refractivity contribution in [2.45, 2.75) is 51.0 Å². The lowest BCUT2D eigenvalue weighted by Gasteiger charge is -2.21. The Morgan fingerprint density at radius 2 is 2.09 bits per heavy atom. The number of nitrogens with zero attached hydrogens (tertiary/aromatic N) is 2. The maximum absolute atomic E-state index is 5.67. The summed E-state index contributed by atoms with van der Waals surface area (Å²) in [5.74, 6) is 0.608. The van der Waals surface area contributed by atoms with Crippen LogP contribution in [0.2, 0.25) is 0 Å². The molecule has 1 aromatic rings. The molecule has 1 aliphatic rings. The molecule has 0 amide bonds. The minimum atomic E-state index is 0.608. The lowest BCUT2D eigenvalue weighted by atomic mass is 9.90. The fourth-order valence-corrected chi connectivity index (χ4v) is 3.21. The summed E-state index contributed by atoms with van der Waals surface area (Å²) in [7, 11) is 4.18. The van der Waals surface area contributed by atoms with Gasteiger partial charge >= 0.3 is 0 Å². The van der Waals surface area contributed by atoms with Crippen LogP contribution in [-0.2, 0) is 11.3 Å². The van der Waals surface area contributed by atoms with Crippen molar-refractivity contribution >= 4 is 0 Å². The topological polar surface area (TPSA) is 53.2 Å². The van der Waals surface area contributed by atoms with Crippen LogP contribution < -0.4 is 5.32 Å². The zero-order chi connectivity index (χ0) is 15.6. The molecule has 2 rings (SSSR count). The van der Waals surface area contributed by atoms with Crippen LogP contribution in [0.3, 0.4) is 0 Å². The van der Waals surface area contributed by atoms with Crippen LogP contribution in [0.1, 0.15) is 55.7 Å². The first-order valence-electron chi connectivity index (χ1n) is 8.74. The van der Waals surface area contributed by atoms with Gasteiger partial charge in [0.25, 0.3) is 0 Å². The Labute approximate surface area is 134 Å². The Morgan fingerprint density at radius 3 is 2.95 bits per heavy atom. The maximum atomic E-state index is 5.67. The Morgan fingerprint density at radius 1 is 1.27 bits per heavy atom. The average Bonchev–Trinajstić information content (AvgIpc) is 2.98. The van der Waals surface area contributed by atoms with Crippen LogP contribution >= 0.6 is 0 Å². The molecule has 2 N–H and O–H groups in total. The SMILES string of the molecule is CNCCN(C)Cc1cn[nH]c1[C@@H]1CCCCCOCCC1. The van der Waals surface area contributed by atoms with E-state index in [-0.39, 0.29) is 0 Å². The molecule has 0 unspecified atom stereocenters. The molecule has 0 spiro atoms. The summed E-state index contributed by atoms with van der Waals surface area (Å²) in [6.45, 7) is 4.89. The van der Waals surface area contributed by atoms with E-state index in [0.29, 0.717) is 5.92 Å². The molecule has 0 radical (unpaired) electrons. The quantitative estimate of drug-likeness (QED) is 0.848. The van der Waals surface area contributed by atoms with Gasteiger partial charge in [-0.3, -0.25) is 5.10 Å². The van der Waals surface area contributed by atoms with Crippen molar-refractivity contribution in [2.24, 2.45) is 0 Å². The number of aromatic amines is 1. The lowest BCUT2D eigenvalue weighted by molar-refractivity contribution is 0.120. The summed E-state index contributed by atoms with van der Waals surface area (Å²) in [6, 6.07) is 0. The fraction of sp³-hybridized carbons (Fsp3) is 0.824. The van der Waals surface area contributed by atoms with Crippen molar-refractivity contribution in [3.05, 3.63) is 17.5 Å². The molecule has 1 aromatic heterocycles. The van der Waals surface area contributed by atoms with Crippen LogP contribution in [0.5, 0.6) is 0 Å². The number of aromatic nitrogens is 2. The molecular weight excluding hydrogens is 276 g/mol. The third kappa shape index (κ3) is 5.71. The third-order valence-corrected chi connectivity index (χ3v) is 4.53. The highest BCUT2D eigenvalue weighted by atomic mass is 16.5. The van der Waals surface area contributed by atoms with E-state index in [0.717, 1.165) is 39.3 Å². The van der Waals surface area contributed by atoms with E-state index in [1.165, 1.54) is 43.4 Å². The van der Waals surface area contributed by atoms with E-state index >= 15 is 0 Å². The number of hydrogen-bond acceptors (Lipinski definition) is 4. The molecule has 0 aromatic carbocycles. The van der Waals surface area contributed by atoms with Crippen molar-refractivity contribution in [3.63, 3.8) is 0 Å². The molecule has 0 bridgehead atoms. The molecule has 1 fully saturated rings. The van der Waals surface area contributed by atoms with Crippen molar-refractivity contribution < 1.29 is 4.74 Å². The lowest BCUT2D eigenvalue weighted by Crippen LogP contribution is -2.27. The van der Waals surface area contributed by atoms with Crippen LogP contribution in [0.15, 0.2) is 6.20 Å². The number of likely N-dealkylation sites (N-methyl/N-ethyl adjacent to an activating group) is 2. The largest absolute Gasteiger partial charge is 0.381 e. The number of hydrogen-bond donors (Lipinski definition) is 2. The van der Waals surface area contributed by atoms with Gasteiger partial charge in [-0.1, -0.05) is 12.8 Å². The van der Waals surface area contributed by atoms with E-state index in [1.54, 1.807) is 0 Å². The van der Waals surface area contributed by atoms with Crippen molar-refractivity contribution in [3.8, 4) is 0 Å². The molecule has 0 saturated carbocycles. The van der Waals surface area contributed by atoms with Crippen LogP contribution in [0, 0.1) is 0 Å². The van der Waals surface area contributed by atoms with Crippen molar-refractivity contribution in [1.29, 1.82) is 0 Å². The minimum Gasteiger partial charge on any atom is -0.381 e. The standard InChI is InChI=1S/C17H32N4O/c1-18-9-10-21(2)14-16-13-19-20-17(16)15-7-4-3-5-11-22-12-6-8-15/h13,15,18H,3-12,14H2,1-2H3,(H,19,20)/t15-/m1/s1. The molecule has 126 valence electrons. The van der Waals surface area contributed by atoms with Crippen molar-refractivity contribution in [2.75, 3.05) is 40.4 Å². The Balaban J connectivity index is 1.95. The highest BCUT2D eigenvalue weighted by Crippen LogP contribution is 2.29. The Bertz CT molecular complexity index is 397. The summed E-state index contributed by atoms with van der Waals surface area (Å²) >= 11 is 0. The van der Waals surface area contributed by atoms with Crippen LogP contribution in [0.25, 0.3) is 0 Å². The van der Waals surface area contributed by atoms with Gasteiger partial charge in [-0.15, -0.1) is 0 Å². The molecule has 22 heavy (non-hydrogen) atoms. The molecular formula is C17H32N4O. The summed E-state index contributed by atoms with van der Waals surface area (Å²) in [5, 5.41) is 10.8. The Hall–Kier alpha value is -0.910. The smallest absolute Gasteiger partial charge is 0.0535 e. The van der Waals surface area contributed by atoms with Crippen LogP contribution in [-0.4, -0.2) is 55.5 Å². The predicted octanol–water partition coefficient (Wildman–Crippen LogP) is 2.52. The summed E-state index contributed by atoms with van der Waals surface area (Å²) in [4.78, 5) is 2.36. The van der Waals surface area contributed by atoms with E-state index in [4.69, 9.17) is 4.74 Å². The second kappa shape index (κ2) is 9.98. The summed E-state index contributed by atoms with van der Waals surface area (Å²) in [6.07, 6.45) is 9.42. The van der Waals surface area contributed by atoms with Gasteiger partial charge in [0.1, 0.15) is 0 Å². The van der Waals surface area contributed by atoms with Gasteiger partial charge in [-0.2, -0.15) is 5.10 Å².